The lowest BCUT2D eigenvalue weighted by Gasteiger charge is -2.30. The van der Waals surface area contributed by atoms with E-state index in [2.05, 4.69) is 5.32 Å². The Morgan fingerprint density at radius 2 is 1.59 bits per heavy atom. The normalized spacial score (nSPS) is 29.2. The van der Waals surface area contributed by atoms with Gasteiger partial charge in [-0.05, 0) is 24.7 Å². The predicted molar refractivity (Wildman–Crippen MR) is 120 cm³/mol. The molecule has 9 nitrogen and oxygen atoms in total. The van der Waals surface area contributed by atoms with Gasteiger partial charge in [-0.2, -0.15) is 0 Å². The quantitative estimate of drug-likeness (QED) is 0.208. The van der Waals surface area contributed by atoms with Gasteiger partial charge in [-0.25, -0.2) is 0 Å². The van der Waals surface area contributed by atoms with Gasteiger partial charge < -0.3 is 40.3 Å². The molecule has 1 rings (SSSR count). The summed E-state index contributed by atoms with van der Waals surface area (Å²) in [5.41, 5.74) is 0. The van der Waals surface area contributed by atoms with Gasteiger partial charge in [0.2, 0.25) is 5.91 Å². The van der Waals surface area contributed by atoms with Crippen LogP contribution in [-0.4, -0.2) is 87.0 Å². The molecule has 0 aromatic heterocycles. The van der Waals surface area contributed by atoms with Crippen molar-refractivity contribution in [2.24, 2.45) is 11.8 Å². The first-order valence-corrected chi connectivity index (χ1v) is 12.0. The van der Waals surface area contributed by atoms with Gasteiger partial charge in [0, 0.05) is 12.5 Å². The SMILES string of the molecule is CCC(O)CC(NC(=O)CC(O)CC(O[C@@H]1O[C@@H](CO)[C@@H](O)C1O)C(C)CC)C(C)CC. The average Bonchev–Trinajstić information content (AvgIpc) is 3.04. The second-order valence-corrected chi connectivity index (χ2v) is 9.22. The Kier molecular flexibility index (Phi) is 13.2. The third-order valence-electron chi connectivity index (χ3n) is 6.69. The second-order valence-electron chi connectivity index (χ2n) is 9.22. The smallest absolute Gasteiger partial charge is 0.222 e. The molecule has 190 valence electrons. The van der Waals surface area contributed by atoms with Crippen molar-refractivity contribution in [3.05, 3.63) is 0 Å². The van der Waals surface area contributed by atoms with Crippen molar-refractivity contribution in [2.45, 2.75) is 122 Å². The molecular formula is C23H45NO8. The zero-order valence-corrected chi connectivity index (χ0v) is 20.2. The van der Waals surface area contributed by atoms with E-state index in [0.717, 1.165) is 12.8 Å². The Bertz CT molecular complexity index is 536. The molecule has 0 aliphatic carbocycles. The summed E-state index contributed by atoms with van der Waals surface area (Å²) >= 11 is 0. The highest BCUT2D eigenvalue weighted by molar-refractivity contribution is 5.76. The molecule has 1 amide bonds. The first kappa shape index (κ1) is 29.2. The van der Waals surface area contributed by atoms with E-state index in [-0.39, 0.29) is 36.6 Å². The maximum atomic E-state index is 12.6. The van der Waals surface area contributed by atoms with E-state index in [1.165, 1.54) is 0 Å². The van der Waals surface area contributed by atoms with Crippen LogP contribution in [0.2, 0.25) is 0 Å². The topological polar surface area (TPSA) is 149 Å². The van der Waals surface area contributed by atoms with Crippen molar-refractivity contribution in [3.63, 3.8) is 0 Å². The summed E-state index contributed by atoms with van der Waals surface area (Å²) in [6.45, 7) is 9.40. The molecule has 32 heavy (non-hydrogen) atoms. The summed E-state index contributed by atoms with van der Waals surface area (Å²) in [5.74, 6) is -0.0938. The molecule has 1 aliphatic heterocycles. The molecule has 1 saturated heterocycles. The summed E-state index contributed by atoms with van der Waals surface area (Å²) in [5, 5.41) is 52.9. The van der Waals surface area contributed by atoms with E-state index >= 15 is 0 Å². The van der Waals surface area contributed by atoms with Gasteiger partial charge in [-0.15, -0.1) is 0 Å². The molecule has 0 aromatic rings. The van der Waals surface area contributed by atoms with Crippen LogP contribution >= 0.6 is 0 Å². The van der Waals surface area contributed by atoms with Crippen molar-refractivity contribution in [3.8, 4) is 0 Å². The van der Waals surface area contributed by atoms with Gasteiger partial charge >= 0.3 is 0 Å². The number of nitrogens with one attached hydrogen (secondary N) is 1. The van der Waals surface area contributed by atoms with Crippen LogP contribution in [0.3, 0.4) is 0 Å². The summed E-state index contributed by atoms with van der Waals surface area (Å²) in [7, 11) is 0. The number of aliphatic hydroxyl groups is 5. The van der Waals surface area contributed by atoms with E-state index < -0.39 is 49.5 Å². The second kappa shape index (κ2) is 14.5. The average molecular weight is 464 g/mol. The Balaban J connectivity index is 2.69. The van der Waals surface area contributed by atoms with Crippen LogP contribution < -0.4 is 5.32 Å². The first-order chi connectivity index (χ1) is 15.1. The van der Waals surface area contributed by atoms with Crippen LogP contribution in [0.15, 0.2) is 0 Å². The molecule has 0 bridgehead atoms. The maximum absolute atomic E-state index is 12.6. The van der Waals surface area contributed by atoms with Crippen molar-refractivity contribution in [1.29, 1.82) is 0 Å². The van der Waals surface area contributed by atoms with Gasteiger partial charge in [-0.3, -0.25) is 4.79 Å². The van der Waals surface area contributed by atoms with E-state index in [4.69, 9.17) is 9.47 Å². The third kappa shape index (κ3) is 8.85. The molecule has 0 radical (unpaired) electrons. The molecule has 7 unspecified atom stereocenters. The number of hydrogen-bond donors (Lipinski definition) is 6. The minimum Gasteiger partial charge on any atom is -0.394 e. The lowest BCUT2D eigenvalue weighted by Crippen LogP contribution is -2.43. The molecule has 1 heterocycles. The summed E-state index contributed by atoms with van der Waals surface area (Å²) in [6, 6.07) is -0.171. The molecular weight excluding hydrogens is 418 g/mol. The fourth-order valence-electron chi connectivity index (χ4n) is 3.84. The Hall–Kier alpha value is -0.810. The minimum atomic E-state index is -1.31. The predicted octanol–water partition coefficient (Wildman–Crippen LogP) is 0.690. The zero-order valence-electron chi connectivity index (χ0n) is 20.2. The van der Waals surface area contributed by atoms with Crippen LogP contribution in [-0.2, 0) is 14.3 Å². The Labute approximate surface area is 192 Å². The standard InChI is InChI=1S/C23H45NO8/c1-6-13(4)17(9-15(26)8-3)24-20(28)11-16(27)10-18(14(5)7-2)31-23-22(30)21(29)19(12-25)32-23/h13-19,21-23,25-27,29-30H,6-12H2,1-5H3,(H,24,28)/t13?,14?,15?,16?,17?,18?,19-,21+,22?,23+/m0/s1. The lowest BCUT2D eigenvalue weighted by molar-refractivity contribution is -0.207. The third-order valence-corrected chi connectivity index (χ3v) is 6.69. The number of carbonyl (C=O) groups excluding carboxylic acids is 1. The van der Waals surface area contributed by atoms with E-state index in [9.17, 15) is 30.3 Å². The largest absolute Gasteiger partial charge is 0.394 e. The molecule has 1 fully saturated rings. The van der Waals surface area contributed by atoms with E-state index in [1.54, 1.807) is 0 Å². The van der Waals surface area contributed by atoms with Crippen LogP contribution in [0.25, 0.3) is 0 Å². The Morgan fingerprint density at radius 1 is 0.969 bits per heavy atom. The number of aliphatic hydroxyl groups excluding tert-OH is 5. The zero-order chi connectivity index (χ0) is 24.4. The van der Waals surface area contributed by atoms with Gasteiger partial charge in [0.15, 0.2) is 6.29 Å². The molecule has 0 aromatic carbocycles. The van der Waals surface area contributed by atoms with Gasteiger partial charge in [0.1, 0.15) is 18.3 Å². The van der Waals surface area contributed by atoms with Crippen LogP contribution in [0.4, 0.5) is 0 Å². The summed E-state index contributed by atoms with van der Waals surface area (Å²) in [4.78, 5) is 12.6. The molecule has 10 atom stereocenters. The van der Waals surface area contributed by atoms with Gasteiger partial charge in [0.05, 0.1) is 31.3 Å². The summed E-state index contributed by atoms with van der Waals surface area (Å²) in [6.07, 6.45) is -3.86. The van der Waals surface area contributed by atoms with Crippen LogP contribution in [0, 0.1) is 11.8 Å². The van der Waals surface area contributed by atoms with E-state index in [0.29, 0.717) is 12.8 Å². The molecule has 9 heteroatoms. The summed E-state index contributed by atoms with van der Waals surface area (Å²) < 4.78 is 11.3. The molecule has 0 saturated carbocycles. The van der Waals surface area contributed by atoms with Gasteiger partial charge in [0.25, 0.3) is 0 Å². The maximum Gasteiger partial charge on any atom is 0.222 e. The highest BCUT2D eigenvalue weighted by atomic mass is 16.7. The number of rotatable bonds is 15. The van der Waals surface area contributed by atoms with Crippen molar-refractivity contribution >= 4 is 5.91 Å². The van der Waals surface area contributed by atoms with Crippen LogP contribution in [0.5, 0.6) is 0 Å². The van der Waals surface area contributed by atoms with Crippen molar-refractivity contribution in [2.75, 3.05) is 6.61 Å². The molecule has 1 aliphatic rings. The molecule has 0 spiro atoms. The highest BCUT2D eigenvalue weighted by Gasteiger charge is 2.44. The fraction of sp³-hybridized carbons (Fsp3) is 0.957. The highest BCUT2D eigenvalue weighted by Crippen LogP contribution is 2.27. The number of hydrogen-bond acceptors (Lipinski definition) is 8. The lowest BCUT2D eigenvalue weighted by atomic mass is 9.92. The molecule has 6 N–H and O–H groups in total. The monoisotopic (exact) mass is 463 g/mol. The first-order valence-electron chi connectivity index (χ1n) is 12.0. The van der Waals surface area contributed by atoms with Crippen LogP contribution in [0.1, 0.15) is 73.1 Å². The number of amides is 1. The van der Waals surface area contributed by atoms with Crippen molar-refractivity contribution in [1.82, 2.24) is 5.32 Å². The minimum absolute atomic E-state index is 0.00129. The van der Waals surface area contributed by atoms with Crippen molar-refractivity contribution < 1.29 is 39.8 Å². The number of carbonyl (C=O) groups is 1. The fourth-order valence-corrected chi connectivity index (χ4v) is 3.84. The van der Waals surface area contributed by atoms with Gasteiger partial charge in [-0.1, -0.05) is 47.5 Å². The van der Waals surface area contributed by atoms with E-state index in [1.807, 2.05) is 34.6 Å². The number of ether oxygens (including phenoxy) is 2. The Morgan fingerprint density at radius 3 is 2.09 bits per heavy atom.